The van der Waals surface area contributed by atoms with Crippen molar-refractivity contribution in [1.29, 1.82) is 0 Å². The van der Waals surface area contributed by atoms with Crippen LogP contribution in [0.2, 0.25) is 5.02 Å². The SMILES string of the molecule is COC(=O)Nc1ccc(-c2cnn(C3CCc4cc(-c5c(-n6cnnn6)ccc(Cl)c5F)cnc43)c2)cc1. The van der Waals surface area contributed by atoms with Gasteiger partial charge in [0.25, 0.3) is 0 Å². The van der Waals surface area contributed by atoms with E-state index in [0.29, 0.717) is 16.9 Å². The maximum atomic E-state index is 15.2. The van der Waals surface area contributed by atoms with E-state index in [0.717, 1.165) is 35.2 Å². The molecule has 1 amide bonds. The van der Waals surface area contributed by atoms with E-state index in [1.165, 1.54) is 24.2 Å². The van der Waals surface area contributed by atoms with Gasteiger partial charge < -0.3 is 4.74 Å². The van der Waals surface area contributed by atoms with Gasteiger partial charge in [-0.3, -0.25) is 15.0 Å². The topological polar surface area (TPSA) is 113 Å². The highest BCUT2D eigenvalue weighted by Crippen LogP contribution is 2.38. The summed E-state index contributed by atoms with van der Waals surface area (Å²) in [5, 5.41) is 18.5. The lowest BCUT2D eigenvalue weighted by Gasteiger charge is -2.14. The number of carbonyl (C=O) groups excluding carboxylic acids is 1. The number of amides is 1. The quantitative estimate of drug-likeness (QED) is 0.336. The molecule has 190 valence electrons. The van der Waals surface area contributed by atoms with Crippen molar-refractivity contribution in [3.05, 3.63) is 89.5 Å². The van der Waals surface area contributed by atoms with Gasteiger partial charge >= 0.3 is 6.09 Å². The van der Waals surface area contributed by atoms with Crippen LogP contribution >= 0.6 is 11.6 Å². The summed E-state index contributed by atoms with van der Waals surface area (Å²) in [5.41, 5.74) is 5.80. The Morgan fingerprint density at radius 3 is 2.74 bits per heavy atom. The molecular formula is C26H20ClFN8O2. The van der Waals surface area contributed by atoms with E-state index in [1.807, 2.05) is 29.1 Å². The highest BCUT2D eigenvalue weighted by atomic mass is 35.5. The minimum absolute atomic E-state index is 0.00776. The first-order valence-corrected chi connectivity index (χ1v) is 12.1. The van der Waals surface area contributed by atoms with Crippen LogP contribution in [-0.4, -0.2) is 48.2 Å². The highest BCUT2D eigenvalue weighted by molar-refractivity contribution is 6.31. The Bertz CT molecular complexity index is 1640. The van der Waals surface area contributed by atoms with Crippen molar-refractivity contribution in [2.24, 2.45) is 0 Å². The first kappa shape index (κ1) is 23.7. The Morgan fingerprint density at radius 1 is 1.13 bits per heavy atom. The number of rotatable bonds is 5. The van der Waals surface area contributed by atoms with E-state index in [1.54, 1.807) is 30.6 Å². The van der Waals surface area contributed by atoms with Crippen LogP contribution in [0.25, 0.3) is 27.9 Å². The molecule has 5 aromatic rings. The van der Waals surface area contributed by atoms with Crippen molar-refractivity contribution in [2.45, 2.75) is 18.9 Å². The summed E-state index contributed by atoms with van der Waals surface area (Å²) in [6.07, 6.45) is 7.89. The molecule has 0 saturated carbocycles. The van der Waals surface area contributed by atoms with E-state index in [2.05, 4.69) is 30.7 Å². The number of nitrogens with one attached hydrogen (secondary N) is 1. The van der Waals surface area contributed by atoms with Crippen LogP contribution in [0.15, 0.2) is 67.4 Å². The van der Waals surface area contributed by atoms with Crippen LogP contribution in [0.3, 0.4) is 0 Å². The molecule has 3 heterocycles. The summed E-state index contributed by atoms with van der Waals surface area (Å²) in [6.45, 7) is 0. The van der Waals surface area contributed by atoms with Gasteiger partial charge in [-0.1, -0.05) is 23.7 Å². The van der Waals surface area contributed by atoms with Crippen LogP contribution in [0.4, 0.5) is 14.9 Å². The van der Waals surface area contributed by atoms with E-state index in [9.17, 15) is 4.79 Å². The number of fused-ring (bicyclic) bond motifs is 1. The molecule has 0 bridgehead atoms. The second-order valence-corrected chi connectivity index (χ2v) is 9.14. The molecule has 0 spiro atoms. The molecule has 3 aromatic heterocycles. The minimum atomic E-state index is -0.555. The van der Waals surface area contributed by atoms with E-state index in [4.69, 9.17) is 16.6 Å². The second kappa shape index (κ2) is 9.67. The third kappa shape index (κ3) is 4.26. The lowest BCUT2D eigenvalue weighted by molar-refractivity contribution is 0.187. The predicted octanol–water partition coefficient (Wildman–Crippen LogP) is 5.09. The fourth-order valence-electron chi connectivity index (χ4n) is 4.69. The number of nitrogens with zero attached hydrogens (tertiary/aromatic N) is 7. The number of pyridine rings is 1. The van der Waals surface area contributed by atoms with Gasteiger partial charge in [-0.05, 0) is 64.7 Å². The van der Waals surface area contributed by atoms with Gasteiger partial charge in [-0.15, -0.1) is 5.10 Å². The monoisotopic (exact) mass is 530 g/mol. The van der Waals surface area contributed by atoms with Crippen molar-refractivity contribution in [1.82, 2.24) is 35.0 Å². The van der Waals surface area contributed by atoms with Gasteiger partial charge in [0, 0.05) is 34.8 Å². The Labute approximate surface area is 221 Å². The van der Waals surface area contributed by atoms with Crippen LogP contribution in [-0.2, 0) is 11.2 Å². The number of anilines is 1. The number of ether oxygens (including phenoxy) is 1. The molecule has 0 saturated heterocycles. The smallest absolute Gasteiger partial charge is 0.411 e. The first-order valence-electron chi connectivity index (χ1n) is 11.7. The Morgan fingerprint density at radius 2 is 1.97 bits per heavy atom. The normalized spacial score (nSPS) is 14.3. The van der Waals surface area contributed by atoms with Crippen LogP contribution in [0, 0.1) is 5.82 Å². The number of hydrogen-bond donors (Lipinski definition) is 1. The number of tetrazole rings is 1. The summed E-state index contributed by atoms with van der Waals surface area (Å²) in [5.74, 6) is -0.555. The molecule has 1 aliphatic carbocycles. The zero-order valence-corrected chi connectivity index (χ0v) is 20.8. The molecule has 1 aliphatic rings. The summed E-state index contributed by atoms with van der Waals surface area (Å²) in [4.78, 5) is 16.1. The number of aryl methyl sites for hydroxylation is 1. The van der Waals surface area contributed by atoms with Crippen molar-refractivity contribution < 1.29 is 13.9 Å². The molecule has 6 rings (SSSR count). The summed E-state index contributed by atoms with van der Waals surface area (Å²) < 4.78 is 23.1. The fraction of sp³-hybridized carbons (Fsp3) is 0.154. The molecule has 1 unspecified atom stereocenters. The molecule has 0 aliphatic heterocycles. The summed E-state index contributed by atoms with van der Waals surface area (Å²) in [7, 11) is 1.32. The van der Waals surface area contributed by atoms with E-state index in [-0.39, 0.29) is 16.6 Å². The molecule has 1 N–H and O–H groups in total. The van der Waals surface area contributed by atoms with E-state index < -0.39 is 11.9 Å². The molecule has 38 heavy (non-hydrogen) atoms. The van der Waals surface area contributed by atoms with Crippen molar-refractivity contribution in [2.75, 3.05) is 12.4 Å². The predicted molar refractivity (Wildman–Crippen MR) is 138 cm³/mol. The standard InChI is InChI=1S/C26H20ClFN8O2/c1-38-26(37)32-19-5-2-15(3-6-19)18-12-31-35(13-18)22-8-4-16-10-17(11-29-25(16)22)23-21(36-14-30-33-34-36)9-7-20(27)24(23)28/h2-3,5-7,9-14,22H,4,8H2,1H3,(H,32,37). The van der Waals surface area contributed by atoms with Gasteiger partial charge in [0.05, 0.1) is 35.8 Å². The van der Waals surface area contributed by atoms with Crippen molar-refractivity contribution >= 4 is 23.4 Å². The zero-order chi connectivity index (χ0) is 26.2. The van der Waals surface area contributed by atoms with Crippen molar-refractivity contribution in [3.63, 3.8) is 0 Å². The maximum Gasteiger partial charge on any atom is 0.411 e. The average molecular weight is 531 g/mol. The number of aromatic nitrogens is 7. The lowest BCUT2D eigenvalue weighted by atomic mass is 10.0. The van der Waals surface area contributed by atoms with Gasteiger partial charge in [0.15, 0.2) is 5.82 Å². The molecular weight excluding hydrogens is 511 g/mol. The Kier molecular flexibility index (Phi) is 6.04. The molecule has 10 nitrogen and oxygen atoms in total. The number of methoxy groups -OCH3 is 1. The van der Waals surface area contributed by atoms with Crippen LogP contribution in [0.5, 0.6) is 0 Å². The van der Waals surface area contributed by atoms with Gasteiger partial charge in [0.2, 0.25) is 0 Å². The van der Waals surface area contributed by atoms with Gasteiger partial charge in [-0.25, -0.2) is 9.18 Å². The third-order valence-corrected chi connectivity index (χ3v) is 6.82. The Hall–Kier alpha value is -4.64. The van der Waals surface area contributed by atoms with Crippen LogP contribution in [0.1, 0.15) is 23.7 Å². The molecule has 0 fully saturated rings. The maximum absolute atomic E-state index is 15.2. The highest BCUT2D eigenvalue weighted by Gasteiger charge is 2.28. The Balaban J connectivity index is 1.28. The third-order valence-electron chi connectivity index (χ3n) is 6.53. The first-order chi connectivity index (χ1) is 18.5. The molecule has 2 aromatic carbocycles. The fourth-order valence-corrected chi connectivity index (χ4v) is 4.85. The largest absolute Gasteiger partial charge is 0.453 e. The summed E-state index contributed by atoms with van der Waals surface area (Å²) >= 11 is 6.12. The molecule has 1 atom stereocenters. The lowest BCUT2D eigenvalue weighted by Crippen LogP contribution is -2.10. The second-order valence-electron chi connectivity index (χ2n) is 8.74. The number of benzene rings is 2. The van der Waals surface area contributed by atoms with Crippen LogP contribution < -0.4 is 5.32 Å². The number of carbonyl (C=O) groups is 1. The van der Waals surface area contributed by atoms with Gasteiger partial charge in [-0.2, -0.15) is 9.78 Å². The zero-order valence-electron chi connectivity index (χ0n) is 20.0. The number of halogens is 2. The minimum Gasteiger partial charge on any atom is -0.453 e. The molecule has 12 heteroatoms. The molecule has 0 radical (unpaired) electrons. The van der Waals surface area contributed by atoms with E-state index >= 15 is 4.39 Å². The average Bonchev–Trinajstić information content (AvgIpc) is 3.71. The van der Waals surface area contributed by atoms with Gasteiger partial charge in [0.1, 0.15) is 6.33 Å². The van der Waals surface area contributed by atoms with Crippen molar-refractivity contribution in [3.8, 4) is 27.9 Å². The number of hydrogen-bond acceptors (Lipinski definition) is 7. The summed E-state index contributed by atoms with van der Waals surface area (Å²) in [6, 6.07) is 12.5.